The lowest BCUT2D eigenvalue weighted by molar-refractivity contribution is -0.117. The Hall–Kier alpha value is -2.04. The van der Waals surface area contributed by atoms with E-state index in [2.05, 4.69) is 10.5 Å². The Morgan fingerprint density at radius 3 is 2.50 bits per heavy atom. The summed E-state index contributed by atoms with van der Waals surface area (Å²) in [6, 6.07) is 7.38. The third-order valence-corrected chi connectivity index (χ3v) is 2.27. The third-order valence-electron chi connectivity index (χ3n) is 2.27. The van der Waals surface area contributed by atoms with E-state index in [1.807, 2.05) is 19.1 Å². The maximum atomic E-state index is 11.6. The van der Waals surface area contributed by atoms with Gasteiger partial charge in [0.05, 0.1) is 5.92 Å². The Bertz CT molecular complexity index is 398. The summed E-state index contributed by atoms with van der Waals surface area (Å²) in [5.74, 6) is -1.07. The molecule has 1 rings (SSSR count). The zero-order valence-electron chi connectivity index (χ0n) is 9.27. The number of oxime groups is 1. The number of carbonyl (C=O) groups excluding carboxylic acids is 1. The molecule has 0 aliphatic carbocycles. The van der Waals surface area contributed by atoms with Gasteiger partial charge in [-0.15, -0.1) is 0 Å². The number of carbonyl (C=O) groups is 1. The maximum Gasteiger partial charge on any atom is 0.234 e. The van der Waals surface area contributed by atoms with Gasteiger partial charge in [0.2, 0.25) is 5.91 Å². The van der Waals surface area contributed by atoms with Gasteiger partial charge in [-0.1, -0.05) is 22.9 Å². The van der Waals surface area contributed by atoms with Crippen LogP contribution in [0, 0.1) is 12.8 Å². The molecule has 0 fully saturated rings. The molecule has 0 saturated carbocycles. The van der Waals surface area contributed by atoms with Crippen LogP contribution in [0.5, 0.6) is 0 Å². The Balaban J connectivity index is 2.68. The quantitative estimate of drug-likeness (QED) is 0.311. The molecule has 1 atom stereocenters. The number of amides is 1. The highest BCUT2D eigenvalue weighted by molar-refractivity contribution is 6.07. The topological polar surface area (TPSA) is 87.7 Å². The van der Waals surface area contributed by atoms with Crippen molar-refractivity contribution in [3.05, 3.63) is 29.8 Å². The normalized spacial score (nSPS) is 13.2. The molecule has 0 aliphatic rings. The Morgan fingerprint density at radius 2 is 2.00 bits per heavy atom. The number of nitrogens with two attached hydrogens (primary N) is 1. The van der Waals surface area contributed by atoms with E-state index in [0.29, 0.717) is 5.69 Å². The van der Waals surface area contributed by atoms with E-state index < -0.39 is 5.92 Å². The van der Waals surface area contributed by atoms with E-state index in [9.17, 15) is 4.79 Å². The van der Waals surface area contributed by atoms with Crippen LogP contribution in [0.3, 0.4) is 0 Å². The van der Waals surface area contributed by atoms with Crippen LogP contribution >= 0.6 is 0 Å². The minimum absolute atomic E-state index is 0.107. The summed E-state index contributed by atoms with van der Waals surface area (Å²) in [4.78, 5) is 11.6. The first-order valence-corrected chi connectivity index (χ1v) is 4.89. The molecule has 0 saturated heterocycles. The SMILES string of the molecule is Cc1ccc(NC(=O)C(C)C(N)=NO)cc1. The molecular formula is C11H15N3O2. The summed E-state index contributed by atoms with van der Waals surface area (Å²) < 4.78 is 0. The molecule has 0 spiro atoms. The van der Waals surface area contributed by atoms with E-state index >= 15 is 0 Å². The molecule has 0 radical (unpaired) electrons. The van der Waals surface area contributed by atoms with Crippen molar-refractivity contribution in [1.29, 1.82) is 0 Å². The molecule has 86 valence electrons. The van der Waals surface area contributed by atoms with Crippen molar-refractivity contribution < 1.29 is 10.0 Å². The van der Waals surface area contributed by atoms with Gasteiger partial charge in [0.15, 0.2) is 5.84 Å². The van der Waals surface area contributed by atoms with E-state index in [0.717, 1.165) is 5.56 Å². The lowest BCUT2D eigenvalue weighted by Gasteiger charge is -2.10. The summed E-state index contributed by atoms with van der Waals surface area (Å²) in [7, 11) is 0. The standard InChI is InChI=1S/C11H15N3O2/c1-7-3-5-9(6-4-7)13-11(15)8(2)10(12)14-16/h3-6,8,16H,1-2H3,(H2,12,14)(H,13,15). The maximum absolute atomic E-state index is 11.6. The van der Waals surface area contributed by atoms with Crippen LogP contribution < -0.4 is 11.1 Å². The largest absolute Gasteiger partial charge is 0.409 e. The monoisotopic (exact) mass is 221 g/mol. The number of benzene rings is 1. The second-order valence-corrected chi connectivity index (χ2v) is 3.60. The van der Waals surface area contributed by atoms with Gasteiger partial charge < -0.3 is 16.3 Å². The third kappa shape index (κ3) is 2.98. The van der Waals surface area contributed by atoms with Crippen LogP contribution in [0.15, 0.2) is 29.4 Å². The minimum Gasteiger partial charge on any atom is -0.409 e. The number of rotatable bonds is 3. The van der Waals surface area contributed by atoms with Crippen molar-refractivity contribution in [2.24, 2.45) is 16.8 Å². The fourth-order valence-electron chi connectivity index (χ4n) is 1.11. The molecule has 5 nitrogen and oxygen atoms in total. The molecule has 0 heterocycles. The van der Waals surface area contributed by atoms with E-state index in [4.69, 9.17) is 10.9 Å². The second kappa shape index (κ2) is 5.16. The van der Waals surface area contributed by atoms with Crippen molar-refractivity contribution in [3.63, 3.8) is 0 Å². The van der Waals surface area contributed by atoms with Gasteiger partial charge in [0.25, 0.3) is 0 Å². The van der Waals surface area contributed by atoms with Crippen molar-refractivity contribution in [3.8, 4) is 0 Å². The van der Waals surface area contributed by atoms with Crippen molar-refractivity contribution in [1.82, 2.24) is 0 Å². The zero-order chi connectivity index (χ0) is 12.1. The average Bonchev–Trinajstić information content (AvgIpc) is 2.30. The van der Waals surface area contributed by atoms with E-state index in [-0.39, 0.29) is 11.7 Å². The summed E-state index contributed by atoms with van der Waals surface area (Å²) in [5, 5.41) is 13.9. The van der Waals surface area contributed by atoms with Gasteiger partial charge in [0.1, 0.15) is 0 Å². The van der Waals surface area contributed by atoms with Crippen LogP contribution in [-0.2, 0) is 4.79 Å². The Labute approximate surface area is 94.0 Å². The molecule has 0 aliphatic heterocycles. The summed E-state index contributed by atoms with van der Waals surface area (Å²) in [6.07, 6.45) is 0. The average molecular weight is 221 g/mol. The Kier molecular flexibility index (Phi) is 3.88. The van der Waals surface area contributed by atoms with Crippen LogP contribution in [-0.4, -0.2) is 17.0 Å². The van der Waals surface area contributed by atoms with Crippen LogP contribution in [0.1, 0.15) is 12.5 Å². The van der Waals surface area contributed by atoms with Gasteiger partial charge in [-0.2, -0.15) is 0 Å². The van der Waals surface area contributed by atoms with Crippen molar-refractivity contribution >= 4 is 17.4 Å². The molecular weight excluding hydrogens is 206 g/mol. The number of hydrogen-bond donors (Lipinski definition) is 3. The molecule has 0 aromatic heterocycles. The molecule has 1 aromatic carbocycles. The highest BCUT2D eigenvalue weighted by Gasteiger charge is 2.17. The second-order valence-electron chi connectivity index (χ2n) is 3.60. The predicted molar refractivity (Wildman–Crippen MR) is 62.4 cm³/mol. The number of nitrogens with zero attached hydrogens (tertiary/aromatic N) is 1. The van der Waals surface area contributed by atoms with Crippen molar-refractivity contribution in [2.75, 3.05) is 5.32 Å². The van der Waals surface area contributed by atoms with E-state index in [1.165, 1.54) is 0 Å². The highest BCUT2D eigenvalue weighted by atomic mass is 16.4. The Morgan fingerprint density at radius 1 is 1.44 bits per heavy atom. The predicted octanol–water partition coefficient (Wildman–Crippen LogP) is 1.32. The van der Waals surface area contributed by atoms with Crippen molar-refractivity contribution in [2.45, 2.75) is 13.8 Å². The number of amidine groups is 1. The zero-order valence-corrected chi connectivity index (χ0v) is 9.27. The fourth-order valence-corrected chi connectivity index (χ4v) is 1.11. The fraction of sp³-hybridized carbons (Fsp3) is 0.273. The lowest BCUT2D eigenvalue weighted by Crippen LogP contribution is -2.32. The van der Waals surface area contributed by atoms with Gasteiger partial charge in [-0.05, 0) is 26.0 Å². The molecule has 0 bridgehead atoms. The van der Waals surface area contributed by atoms with Gasteiger partial charge in [-0.25, -0.2) is 0 Å². The first kappa shape index (κ1) is 12.0. The first-order valence-electron chi connectivity index (χ1n) is 4.89. The number of hydrogen-bond acceptors (Lipinski definition) is 3. The van der Waals surface area contributed by atoms with Gasteiger partial charge in [0, 0.05) is 5.69 Å². The molecule has 5 heteroatoms. The van der Waals surface area contributed by atoms with Gasteiger partial charge in [-0.3, -0.25) is 4.79 Å². The molecule has 1 aromatic rings. The van der Waals surface area contributed by atoms with Gasteiger partial charge >= 0.3 is 0 Å². The molecule has 4 N–H and O–H groups in total. The summed E-state index contributed by atoms with van der Waals surface area (Å²) >= 11 is 0. The number of aryl methyl sites for hydroxylation is 1. The highest BCUT2D eigenvalue weighted by Crippen LogP contribution is 2.10. The number of anilines is 1. The smallest absolute Gasteiger partial charge is 0.234 e. The van der Waals surface area contributed by atoms with Crippen LogP contribution in [0.2, 0.25) is 0 Å². The molecule has 1 amide bonds. The molecule has 1 unspecified atom stereocenters. The number of nitrogens with one attached hydrogen (secondary N) is 1. The summed E-state index contributed by atoms with van der Waals surface area (Å²) in [5.41, 5.74) is 7.14. The summed E-state index contributed by atoms with van der Waals surface area (Å²) in [6.45, 7) is 3.53. The van der Waals surface area contributed by atoms with Crippen LogP contribution in [0.4, 0.5) is 5.69 Å². The first-order chi connectivity index (χ1) is 7.54. The molecule has 16 heavy (non-hydrogen) atoms. The minimum atomic E-state index is -0.661. The van der Waals surface area contributed by atoms with E-state index in [1.54, 1.807) is 19.1 Å². The van der Waals surface area contributed by atoms with Crippen LogP contribution in [0.25, 0.3) is 0 Å². The lowest BCUT2D eigenvalue weighted by atomic mass is 10.1.